The fourth-order valence-corrected chi connectivity index (χ4v) is 3.18. The van der Waals surface area contributed by atoms with Gasteiger partial charge in [-0.1, -0.05) is 48.7 Å². The minimum Gasteiger partial charge on any atom is -0.493 e. The van der Waals surface area contributed by atoms with Gasteiger partial charge in [0.1, 0.15) is 6.61 Å². The Balaban J connectivity index is 0.00000225. The number of nitrogens with one attached hydrogen (secondary N) is 1. The van der Waals surface area contributed by atoms with E-state index in [1.54, 1.807) is 7.11 Å². The Morgan fingerprint density at radius 1 is 0.960 bits per heavy atom. The lowest BCUT2D eigenvalue weighted by Gasteiger charge is -2.15. The molecule has 2 aromatic carbocycles. The van der Waals surface area contributed by atoms with Crippen LogP contribution in [0.1, 0.15) is 42.4 Å². The molecular formula is C21H28ClNO2. The minimum atomic E-state index is 0. The van der Waals surface area contributed by atoms with E-state index in [1.807, 2.05) is 6.07 Å². The van der Waals surface area contributed by atoms with Crippen LogP contribution in [0.4, 0.5) is 0 Å². The van der Waals surface area contributed by atoms with Crippen LogP contribution >= 0.6 is 12.4 Å². The van der Waals surface area contributed by atoms with Gasteiger partial charge in [0.05, 0.1) is 7.11 Å². The highest BCUT2D eigenvalue weighted by molar-refractivity contribution is 5.85. The van der Waals surface area contributed by atoms with E-state index in [0.29, 0.717) is 12.6 Å². The molecule has 0 radical (unpaired) electrons. The maximum absolute atomic E-state index is 5.94. The molecule has 25 heavy (non-hydrogen) atoms. The second kappa shape index (κ2) is 9.69. The number of methoxy groups -OCH3 is 1. The summed E-state index contributed by atoms with van der Waals surface area (Å²) in [6, 6.07) is 15.3. The van der Waals surface area contributed by atoms with Crippen molar-refractivity contribution in [2.45, 2.75) is 51.8 Å². The highest BCUT2D eigenvalue weighted by Gasteiger charge is 2.14. The normalized spacial score (nSPS) is 14.2. The van der Waals surface area contributed by atoms with Gasteiger partial charge in [-0.15, -0.1) is 12.4 Å². The van der Waals surface area contributed by atoms with Gasteiger partial charge in [0, 0.05) is 12.6 Å². The van der Waals surface area contributed by atoms with Gasteiger partial charge in [-0.05, 0) is 43.0 Å². The van der Waals surface area contributed by atoms with Crippen molar-refractivity contribution in [3.63, 3.8) is 0 Å². The maximum Gasteiger partial charge on any atom is 0.161 e. The molecule has 0 aliphatic heterocycles. The third-order valence-electron chi connectivity index (χ3n) is 4.69. The molecule has 0 bridgehead atoms. The molecule has 3 rings (SSSR count). The quantitative estimate of drug-likeness (QED) is 0.749. The Morgan fingerprint density at radius 2 is 1.64 bits per heavy atom. The third kappa shape index (κ3) is 5.65. The number of rotatable bonds is 7. The van der Waals surface area contributed by atoms with Gasteiger partial charge < -0.3 is 14.8 Å². The van der Waals surface area contributed by atoms with E-state index in [-0.39, 0.29) is 12.4 Å². The Morgan fingerprint density at radius 3 is 2.32 bits per heavy atom. The van der Waals surface area contributed by atoms with Gasteiger partial charge in [-0.2, -0.15) is 0 Å². The van der Waals surface area contributed by atoms with Crippen molar-refractivity contribution < 1.29 is 9.47 Å². The topological polar surface area (TPSA) is 30.5 Å². The van der Waals surface area contributed by atoms with E-state index in [4.69, 9.17) is 9.47 Å². The molecule has 0 atom stereocenters. The van der Waals surface area contributed by atoms with Crippen molar-refractivity contribution in [2.75, 3.05) is 7.11 Å². The Kier molecular flexibility index (Phi) is 7.60. The summed E-state index contributed by atoms with van der Waals surface area (Å²) in [5.41, 5.74) is 3.66. The lowest BCUT2D eigenvalue weighted by Crippen LogP contribution is -2.25. The summed E-state index contributed by atoms with van der Waals surface area (Å²) in [4.78, 5) is 0. The number of hydrogen-bond acceptors (Lipinski definition) is 3. The van der Waals surface area contributed by atoms with Crippen molar-refractivity contribution in [2.24, 2.45) is 0 Å². The molecule has 1 aliphatic rings. The van der Waals surface area contributed by atoms with Crippen LogP contribution in [-0.2, 0) is 13.2 Å². The summed E-state index contributed by atoms with van der Waals surface area (Å²) in [6.45, 7) is 3.53. The number of ether oxygens (including phenoxy) is 2. The largest absolute Gasteiger partial charge is 0.493 e. The molecule has 1 aliphatic carbocycles. The zero-order valence-corrected chi connectivity index (χ0v) is 15.9. The highest BCUT2D eigenvalue weighted by Crippen LogP contribution is 2.29. The predicted molar refractivity (Wildman–Crippen MR) is 105 cm³/mol. The molecule has 0 aromatic heterocycles. The van der Waals surface area contributed by atoms with Gasteiger partial charge in [0.25, 0.3) is 0 Å². The molecule has 3 nitrogen and oxygen atoms in total. The molecule has 136 valence electrons. The Hall–Kier alpha value is -1.71. The summed E-state index contributed by atoms with van der Waals surface area (Å²) in [5.74, 6) is 1.59. The van der Waals surface area contributed by atoms with Crippen molar-refractivity contribution in [1.29, 1.82) is 0 Å². The second-order valence-electron chi connectivity index (χ2n) is 6.62. The van der Waals surface area contributed by atoms with Crippen LogP contribution < -0.4 is 14.8 Å². The molecule has 0 saturated heterocycles. The summed E-state index contributed by atoms with van der Waals surface area (Å²) >= 11 is 0. The van der Waals surface area contributed by atoms with Crippen LogP contribution in [0, 0.1) is 6.92 Å². The van der Waals surface area contributed by atoms with Crippen molar-refractivity contribution in [3.05, 3.63) is 59.2 Å². The highest BCUT2D eigenvalue weighted by atomic mass is 35.5. The molecule has 1 fully saturated rings. The van der Waals surface area contributed by atoms with Crippen LogP contribution in [0.5, 0.6) is 11.5 Å². The third-order valence-corrected chi connectivity index (χ3v) is 4.69. The van der Waals surface area contributed by atoms with E-state index in [2.05, 4.69) is 48.6 Å². The molecule has 0 heterocycles. The van der Waals surface area contributed by atoms with E-state index in [9.17, 15) is 0 Å². The monoisotopic (exact) mass is 361 g/mol. The van der Waals surface area contributed by atoms with E-state index in [0.717, 1.165) is 23.6 Å². The van der Waals surface area contributed by atoms with Gasteiger partial charge in [-0.3, -0.25) is 0 Å². The van der Waals surface area contributed by atoms with Gasteiger partial charge in [0.15, 0.2) is 11.5 Å². The molecular weight excluding hydrogens is 334 g/mol. The molecule has 1 N–H and O–H groups in total. The average molecular weight is 362 g/mol. The number of aryl methyl sites for hydroxylation is 1. The van der Waals surface area contributed by atoms with Crippen LogP contribution in [0.3, 0.4) is 0 Å². The van der Waals surface area contributed by atoms with Gasteiger partial charge in [-0.25, -0.2) is 0 Å². The Bertz CT molecular complexity index is 651. The summed E-state index contributed by atoms with van der Waals surface area (Å²) in [5, 5.41) is 3.64. The lowest BCUT2D eigenvalue weighted by molar-refractivity contribution is 0.284. The molecule has 1 saturated carbocycles. The average Bonchev–Trinajstić information content (AvgIpc) is 3.13. The smallest absolute Gasteiger partial charge is 0.161 e. The van der Waals surface area contributed by atoms with Gasteiger partial charge >= 0.3 is 0 Å². The SMILES string of the molecule is COc1cc(CNC2CCCC2)ccc1OCc1ccc(C)cc1.Cl. The molecule has 0 spiro atoms. The maximum atomic E-state index is 5.94. The standard InChI is InChI=1S/C21H27NO2.ClH/c1-16-7-9-17(10-8-16)15-24-20-12-11-18(13-21(20)23-2)14-22-19-5-3-4-6-19;/h7-13,19,22H,3-6,14-15H2,1-2H3;1H. The van der Waals surface area contributed by atoms with Crippen LogP contribution in [0.15, 0.2) is 42.5 Å². The van der Waals surface area contributed by atoms with Gasteiger partial charge in [0.2, 0.25) is 0 Å². The summed E-state index contributed by atoms with van der Waals surface area (Å²) in [6.07, 6.45) is 5.31. The second-order valence-corrected chi connectivity index (χ2v) is 6.62. The first kappa shape index (κ1) is 19.6. The van der Waals surface area contributed by atoms with E-state index in [1.165, 1.54) is 36.8 Å². The molecule has 0 unspecified atom stereocenters. The molecule has 4 heteroatoms. The Labute approximate surface area is 157 Å². The first-order chi connectivity index (χ1) is 11.7. The minimum absolute atomic E-state index is 0. The predicted octanol–water partition coefficient (Wildman–Crippen LogP) is 5.04. The fraction of sp³-hybridized carbons (Fsp3) is 0.429. The number of halogens is 1. The fourth-order valence-electron chi connectivity index (χ4n) is 3.18. The van der Waals surface area contributed by atoms with Crippen LogP contribution in [0.2, 0.25) is 0 Å². The first-order valence-corrected chi connectivity index (χ1v) is 8.83. The number of hydrogen-bond donors (Lipinski definition) is 1. The van der Waals surface area contributed by atoms with E-state index >= 15 is 0 Å². The van der Waals surface area contributed by atoms with Crippen molar-refractivity contribution in [1.82, 2.24) is 5.32 Å². The molecule has 0 amide bonds. The van der Waals surface area contributed by atoms with Crippen molar-refractivity contribution >= 4 is 12.4 Å². The van der Waals surface area contributed by atoms with Crippen LogP contribution in [0.25, 0.3) is 0 Å². The lowest BCUT2D eigenvalue weighted by atomic mass is 10.1. The number of benzene rings is 2. The van der Waals surface area contributed by atoms with E-state index < -0.39 is 0 Å². The zero-order valence-electron chi connectivity index (χ0n) is 15.1. The summed E-state index contributed by atoms with van der Waals surface area (Å²) in [7, 11) is 1.70. The first-order valence-electron chi connectivity index (χ1n) is 8.83. The van der Waals surface area contributed by atoms with Crippen molar-refractivity contribution in [3.8, 4) is 11.5 Å². The molecule has 2 aromatic rings. The van der Waals surface area contributed by atoms with Crippen LogP contribution in [-0.4, -0.2) is 13.2 Å². The summed E-state index contributed by atoms with van der Waals surface area (Å²) < 4.78 is 11.5. The zero-order chi connectivity index (χ0) is 16.8.